The lowest BCUT2D eigenvalue weighted by Crippen LogP contribution is -2.47. The zero-order valence-corrected chi connectivity index (χ0v) is 20.1. The lowest BCUT2D eigenvalue weighted by Gasteiger charge is -2.33. The van der Waals surface area contributed by atoms with Gasteiger partial charge in [-0.3, -0.25) is 9.69 Å². The topological polar surface area (TPSA) is 82.4 Å². The molecule has 3 aromatic rings. The van der Waals surface area contributed by atoms with Gasteiger partial charge in [-0.2, -0.15) is 0 Å². The van der Waals surface area contributed by atoms with Gasteiger partial charge in [-0.05, 0) is 44.7 Å². The summed E-state index contributed by atoms with van der Waals surface area (Å²) >= 11 is 0. The molecule has 34 heavy (non-hydrogen) atoms. The number of nitrogens with zero attached hydrogens (tertiary/aromatic N) is 7. The van der Waals surface area contributed by atoms with Crippen LogP contribution in [-0.4, -0.2) is 86.7 Å². The zero-order chi connectivity index (χ0) is 23.7. The van der Waals surface area contributed by atoms with Crippen LogP contribution in [0.2, 0.25) is 0 Å². The van der Waals surface area contributed by atoms with Crippen molar-refractivity contribution in [2.45, 2.75) is 26.4 Å². The summed E-state index contributed by atoms with van der Waals surface area (Å²) in [6.07, 6.45) is 1.72. The molecular weight excluding hydrogens is 428 g/mol. The third-order valence-corrected chi connectivity index (χ3v) is 6.67. The summed E-state index contributed by atoms with van der Waals surface area (Å²) in [6.45, 7) is 10.8. The van der Waals surface area contributed by atoms with Crippen LogP contribution in [0.5, 0.6) is 0 Å². The molecule has 178 valence electrons. The van der Waals surface area contributed by atoms with E-state index < -0.39 is 0 Å². The second-order valence-electron chi connectivity index (χ2n) is 9.40. The molecule has 2 aliphatic rings. The minimum atomic E-state index is 0.0860. The smallest absolute Gasteiger partial charge is 0.256 e. The van der Waals surface area contributed by atoms with E-state index >= 15 is 0 Å². The van der Waals surface area contributed by atoms with Gasteiger partial charge in [-0.25, -0.2) is 4.98 Å². The molecule has 2 aromatic heterocycles. The molecule has 1 saturated heterocycles. The Balaban J connectivity index is 1.31. The first-order valence-corrected chi connectivity index (χ1v) is 12.0. The fourth-order valence-electron chi connectivity index (χ4n) is 4.61. The van der Waals surface area contributed by atoms with Gasteiger partial charge in [0.05, 0.1) is 11.3 Å². The molecule has 0 spiro atoms. The summed E-state index contributed by atoms with van der Waals surface area (Å²) in [4.78, 5) is 24.8. The summed E-state index contributed by atoms with van der Waals surface area (Å²) in [7, 11) is 2.16. The molecule has 1 N–H and O–H groups in total. The molecular formula is C25H32N8O. The van der Waals surface area contributed by atoms with E-state index in [-0.39, 0.29) is 11.9 Å². The Hall–Kier alpha value is -3.30. The number of piperazine rings is 1. The molecule has 2 aliphatic heterocycles. The summed E-state index contributed by atoms with van der Waals surface area (Å²) < 4.78 is 1.99. The van der Waals surface area contributed by atoms with Gasteiger partial charge in [0, 0.05) is 51.9 Å². The Morgan fingerprint density at radius 3 is 2.62 bits per heavy atom. The average Bonchev–Trinajstić information content (AvgIpc) is 3.45. The van der Waals surface area contributed by atoms with Crippen molar-refractivity contribution < 1.29 is 4.79 Å². The molecule has 0 aliphatic carbocycles. The monoisotopic (exact) mass is 460 g/mol. The quantitative estimate of drug-likeness (QED) is 0.581. The molecule has 0 unspecified atom stereocenters. The Labute approximate surface area is 200 Å². The van der Waals surface area contributed by atoms with Crippen LogP contribution < -0.4 is 5.32 Å². The van der Waals surface area contributed by atoms with Gasteiger partial charge in [0.2, 0.25) is 0 Å². The minimum absolute atomic E-state index is 0.0860. The second kappa shape index (κ2) is 9.52. The summed E-state index contributed by atoms with van der Waals surface area (Å²) in [6, 6.07) is 12.0. The first kappa shape index (κ1) is 22.5. The number of benzene rings is 1. The van der Waals surface area contributed by atoms with Gasteiger partial charge < -0.3 is 19.7 Å². The highest BCUT2D eigenvalue weighted by molar-refractivity contribution is 6.04. The highest BCUT2D eigenvalue weighted by Gasteiger charge is 2.30. The van der Waals surface area contributed by atoms with Crippen molar-refractivity contribution in [2.24, 2.45) is 0 Å². The average molecular weight is 461 g/mol. The molecule has 1 aromatic carbocycles. The Morgan fingerprint density at radius 1 is 1.03 bits per heavy atom. The van der Waals surface area contributed by atoms with Crippen LogP contribution in [-0.2, 0) is 6.54 Å². The Kier molecular flexibility index (Phi) is 6.30. The van der Waals surface area contributed by atoms with Crippen LogP contribution in [0.4, 0.5) is 11.5 Å². The minimum Gasteiger partial charge on any atom is -0.340 e. The van der Waals surface area contributed by atoms with Gasteiger partial charge in [-0.15, -0.1) is 10.2 Å². The van der Waals surface area contributed by atoms with E-state index in [1.54, 1.807) is 6.33 Å². The van der Waals surface area contributed by atoms with Gasteiger partial charge in [0.15, 0.2) is 5.82 Å². The van der Waals surface area contributed by atoms with E-state index in [1.165, 1.54) is 0 Å². The number of carbonyl (C=O) groups excluding carboxylic acids is 1. The summed E-state index contributed by atoms with van der Waals surface area (Å²) in [5.41, 5.74) is 3.34. The Morgan fingerprint density at radius 2 is 1.82 bits per heavy atom. The van der Waals surface area contributed by atoms with E-state index in [0.29, 0.717) is 12.4 Å². The Bertz CT molecular complexity index is 1170. The maximum Gasteiger partial charge on any atom is 0.256 e. The van der Waals surface area contributed by atoms with Crippen LogP contribution >= 0.6 is 0 Å². The molecule has 9 nitrogen and oxygen atoms in total. The number of amides is 1. The standard InChI is InChI=1S/C25H32N8O/c1-18(2)33-17-26-29-24(33)21-8-5-9-22(28-21)27-20-7-4-6-19-16-32(25(34)23(19)20)15-14-31-12-10-30(3)11-13-31/h4-9,17-18H,10-16H2,1-3H3,(H,27,28). The van der Waals surface area contributed by atoms with Gasteiger partial charge in [0.1, 0.15) is 17.8 Å². The number of pyridine rings is 1. The predicted octanol–water partition coefficient (Wildman–Crippen LogP) is 2.87. The maximum atomic E-state index is 13.3. The summed E-state index contributed by atoms with van der Waals surface area (Å²) in [5, 5.41) is 11.7. The van der Waals surface area contributed by atoms with Gasteiger partial charge in [0.25, 0.3) is 5.91 Å². The van der Waals surface area contributed by atoms with Crippen molar-refractivity contribution in [3.05, 3.63) is 53.9 Å². The predicted molar refractivity (Wildman–Crippen MR) is 132 cm³/mol. The van der Waals surface area contributed by atoms with Gasteiger partial charge in [-0.1, -0.05) is 18.2 Å². The fourth-order valence-corrected chi connectivity index (χ4v) is 4.61. The molecule has 4 heterocycles. The van der Waals surface area contributed by atoms with Crippen LogP contribution in [0, 0.1) is 0 Å². The zero-order valence-electron chi connectivity index (χ0n) is 20.1. The van der Waals surface area contributed by atoms with Crippen LogP contribution in [0.25, 0.3) is 11.5 Å². The molecule has 0 atom stereocenters. The number of likely N-dealkylation sites (N-methyl/N-ethyl adjacent to an activating group) is 1. The van der Waals surface area contributed by atoms with Gasteiger partial charge >= 0.3 is 0 Å². The van der Waals surface area contributed by atoms with E-state index in [2.05, 4.69) is 46.2 Å². The molecule has 0 radical (unpaired) electrons. The van der Waals surface area contributed by atoms with E-state index in [0.717, 1.165) is 67.6 Å². The number of rotatable bonds is 7. The maximum absolute atomic E-state index is 13.3. The number of nitrogens with one attached hydrogen (secondary N) is 1. The fraction of sp³-hybridized carbons (Fsp3) is 0.440. The molecule has 0 bridgehead atoms. The van der Waals surface area contributed by atoms with Crippen molar-refractivity contribution in [3.8, 4) is 11.5 Å². The van der Waals surface area contributed by atoms with Crippen LogP contribution in [0.15, 0.2) is 42.7 Å². The molecule has 1 amide bonds. The molecule has 5 rings (SSSR count). The van der Waals surface area contributed by atoms with Crippen molar-refractivity contribution in [1.29, 1.82) is 0 Å². The SMILES string of the molecule is CC(C)n1cnnc1-c1cccc(Nc2cccc3c2C(=O)N(CCN2CCN(C)CC2)C3)n1. The first-order valence-electron chi connectivity index (χ1n) is 12.0. The van der Waals surface area contributed by atoms with Crippen molar-refractivity contribution in [1.82, 2.24) is 34.4 Å². The third kappa shape index (κ3) is 4.53. The normalized spacial score (nSPS) is 16.9. The van der Waals surface area contributed by atoms with E-state index in [9.17, 15) is 4.79 Å². The second-order valence-corrected chi connectivity index (χ2v) is 9.40. The lowest BCUT2D eigenvalue weighted by atomic mass is 10.1. The van der Waals surface area contributed by atoms with Crippen LogP contribution in [0.3, 0.4) is 0 Å². The van der Waals surface area contributed by atoms with Crippen molar-refractivity contribution in [3.63, 3.8) is 0 Å². The number of carbonyl (C=O) groups is 1. The molecule has 1 fully saturated rings. The number of aromatic nitrogens is 4. The van der Waals surface area contributed by atoms with Crippen molar-refractivity contribution >= 4 is 17.4 Å². The number of anilines is 2. The molecule has 0 saturated carbocycles. The summed E-state index contributed by atoms with van der Waals surface area (Å²) in [5.74, 6) is 1.49. The third-order valence-electron chi connectivity index (χ3n) is 6.67. The largest absolute Gasteiger partial charge is 0.340 e. The van der Waals surface area contributed by atoms with Crippen LogP contribution in [0.1, 0.15) is 35.8 Å². The van der Waals surface area contributed by atoms with Crippen molar-refractivity contribution in [2.75, 3.05) is 51.6 Å². The first-order chi connectivity index (χ1) is 16.5. The lowest BCUT2D eigenvalue weighted by molar-refractivity contribution is 0.0738. The number of hydrogen-bond donors (Lipinski definition) is 1. The highest BCUT2D eigenvalue weighted by atomic mass is 16.2. The molecule has 9 heteroatoms. The number of hydrogen-bond acceptors (Lipinski definition) is 7. The van der Waals surface area contributed by atoms with E-state index in [4.69, 9.17) is 4.98 Å². The highest BCUT2D eigenvalue weighted by Crippen LogP contribution is 2.31. The number of fused-ring (bicyclic) bond motifs is 1. The van der Waals surface area contributed by atoms with E-state index in [1.807, 2.05) is 45.9 Å².